The van der Waals surface area contributed by atoms with Crippen molar-refractivity contribution < 1.29 is 0 Å². The minimum atomic E-state index is 0.662. The number of nitrogens with zero attached hydrogens (tertiary/aromatic N) is 5. The molecular weight excluding hydrogens is 268 g/mol. The number of hydrogen-bond donors (Lipinski definition) is 3. The summed E-state index contributed by atoms with van der Waals surface area (Å²) in [6.07, 6.45) is 4.29. The normalized spacial score (nSPS) is 10.7. The molecule has 2 heterocycles. The molecule has 21 heavy (non-hydrogen) atoms. The molecule has 2 aromatic heterocycles. The molecule has 0 aliphatic rings. The maximum atomic E-state index is 5.52. The average Bonchev–Trinajstić information content (AvgIpc) is 2.88. The molecule has 0 saturated carbocycles. The van der Waals surface area contributed by atoms with Crippen LogP contribution in [0.5, 0.6) is 0 Å². The van der Waals surface area contributed by atoms with Crippen molar-refractivity contribution in [3.05, 3.63) is 23.5 Å². The fourth-order valence-corrected chi connectivity index (χ4v) is 2.04. The van der Waals surface area contributed by atoms with Gasteiger partial charge in [-0.05, 0) is 13.3 Å². The van der Waals surface area contributed by atoms with E-state index < -0.39 is 0 Å². The number of nitrogen functional groups attached to an aromatic ring is 1. The number of anilines is 2. The first-order chi connectivity index (χ1) is 10.2. The highest BCUT2D eigenvalue weighted by Crippen LogP contribution is 2.19. The van der Waals surface area contributed by atoms with Gasteiger partial charge in [0.2, 0.25) is 0 Å². The third-order valence-electron chi connectivity index (χ3n) is 3.25. The molecule has 2 aromatic rings. The zero-order valence-electron chi connectivity index (χ0n) is 12.7. The molecule has 2 rings (SSSR count). The number of aryl methyl sites for hydroxylation is 2. The van der Waals surface area contributed by atoms with Crippen LogP contribution in [0.25, 0.3) is 0 Å². The molecule has 0 aliphatic carbocycles. The third kappa shape index (κ3) is 3.66. The van der Waals surface area contributed by atoms with Gasteiger partial charge in [-0.2, -0.15) is 0 Å². The van der Waals surface area contributed by atoms with Crippen molar-refractivity contribution in [1.29, 1.82) is 0 Å². The van der Waals surface area contributed by atoms with Gasteiger partial charge in [-0.3, -0.25) is 0 Å². The summed E-state index contributed by atoms with van der Waals surface area (Å²) in [5, 5.41) is 11.2. The van der Waals surface area contributed by atoms with E-state index >= 15 is 0 Å². The monoisotopic (exact) mass is 290 g/mol. The minimum Gasteiger partial charge on any atom is -0.369 e. The molecule has 0 bridgehead atoms. The fourth-order valence-electron chi connectivity index (χ4n) is 2.04. The summed E-state index contributed by atoms with van der Waals surface area (Å²) < 4.78 is 1.91. The van der Waals surface area contributed by atoms with Crippen molar-refractivity contribution >= 4 is 11.6 Å². The zero-order valence-corrected chi connectivity index (χ0v) is 12.7. The number of rotatable bonds is 7. The molecule has 4 N–H and O–H groups in total. The Hall–Kier alpha value is -2.22. The molecule has 0 atom stereocenters. The van der Waals surface area contributed by atoms with Gasteiger partial charge in [-0.1, -0.05) is 6.92 Å². The summed E-state index contributed by atoms with van der Waals surface area (Å²) in [4.78, 5) is 8.95. The van der Waals surface area contributed by atoms with E-state index in [0.29, 0.717) is 5.82 Å². The van der Waals surface area contributed by atoms with Gasteiger partial charge < -0.3 is 15.3 Å². The number of nitrogens with one attached hydrogen (secondary N) is 2. The van der Waals surface area contributed by atoms with Gasteiger partial charge in [-0.25, -0.2) is 15.8 Å². The fraction of sp³-hybridized carbons (Fsp3) is 0.538. The Morgan fingerprint density at radius 2 is 2.00 bits per heavy atom. The molecule has 114 valence electrons. The maximum Gasteiger partial charge on any atom is 0.148 e. The van der Waals surface area contributed by atoms with E-state index in [1.54, 1.807) is 6.33 Å². The SMILES string of the molecule is CCCc1nc(NN)c(C)c(NCCc2nncn2C)n1. The summed E-state index contributed by atoms with van der Waals surface area (Å²) in [6.45, 7) is 4.76. The lowest BCUT2D eigenvalue weighted by Crippen LogP contribution is -2.16. The average molecular weight is 290 g/mol. The topological polar surface area (TPSA) is 107 Å². The molecule has 0 aromatic carbocycles. The summed E-state index contributed by atoms with van der Waals surface area (Å²) in [5.41, 5.74) is 3.54. The summed E-state index contributed by atoms with van der Waals surface area (Å²) in [7, 11) is 1.93. The Labute approximate surface area is 124 Å². The predicted molar refractivity (Wildman–Crippen MR) is 81.8 cm³/mol. The highest BCUT2D eigenvalue weighted by molar-refractivity contribution is 5.56. The first-order valence-corrected chi connectivity index (χ1v) is 7.06. The Kier molecular flexibility index (Phi) is 5.04. The lowest BCUT2D eigenvalue weighted by Gasteiger charge is -2.13. The minimum absolute atomic E-state index is 0.662. The molecule has 0 saturated heterocycles. The summed E-state index contributed by atoms with van der Waals surface area (Å²) in [6, 6.07) is 0. The third-order valence-corrected chi connectivity index (χ3v) is 3.25. The Morgan fingerprint density at radius 1 is 1.24 bits per heavy atom. The molecule has 0 aliphatic heterocycles. The molecule has 0 radical (unpaired) electrons. The predicted octanol–water partition coefficient (Wildman–Crippen LogP) is 0.806. The van der Waals surface area contributed by atoms with E-state index in [4.69, 9.17) is 5.84 Å². The second-order valence-corrected chi connectivity index (χ2v) is 4.89. The van der Waals surface area contributed by atoms with Crippen molar-refractivity contribution in [3.63, 3.8) is 0 Å². The van der Waals surface area contributed by atoms with Gasteiger partial charge in [0.15, 0.2) is 0 Å². The van der Waals surface area contributed by atoms with Crippen LogP contribution in [0.4, 0.5) is 11.6 Å². The van der Waals surface area contributed by atoms with Crippen LogP contribution in [0.3, 0.4) is 0 Å². The van der Waals surface area contributed by atoms with Crippen molar-refractivity contribution in [2.24, 2.45) is 12.9 Å². The van der Waals surface area contributed by atoms with E-state index in [1.165, 1.54) is 0 Å². The van der Waals surface area contributed by atoms with E-state index in [1.807, 2.05) is 18.5 Å². The molecule has 0 unspecified atom stereocenters. The van der Waals surface area contributed by atoms with Crippen molar-refractivity contribution in [3.8, 4) is 0 Å². The van der Waals surface area contributed by atoms with E-state index in [9.17, 15) is 0 Å². The smallest absolute Gasteiger partial charge is 0.148 e. The first kappa shape index (κ1) is 15.2. The first-order valence-electron chi connectivity index (χ1n) is 7.06. The van der Waals surface area contributed by atoms with Crippen molar-refractivity contribution in [1.82, 2.24) is 24.7 Å². The molecule has 0 fully saturated rings. The second kappa shape index (κ2) is 6.98. The van der Waals surface area contributed by atoms with Crippen LogP contribution in [0.15, 0.2) is 6.33 Å². The van der Waals surface area contributed by atoms with Gasteiger partial charge in [0, 0.05) is 32.0 Å². The van der Waals surface area contributed by atoms with Gasteiger partial charge in [-0.15, -0.1) is 10.2 Å². The van der Waals surface area contributed by atoms with Crippen LogP contribution < -0.4 is 16.6 Å². The Morgan fingerprint density at radius 3 is 2.62 bits per heavy atom. The molecule has 8 heteroatoms. The molecular formula is C13H22N8. The number of hydrazine groups is 1. The maximum absolute atomic E-state index is 5.52. The number of nitrogens with two attached hydrogens (primary N) is 1. The molecule has 8 nitrogen and oxygen atoms in total. The zero-order chi connectivity index (χ0) is 15.2. The van der Waals surface area contributed by atoms with Crippen LogP contribution in [-0.4, -0.2) is 31.3 Å². The highest BCUT2D eigenvalue weighted by atomic mass is 15.3. The van der Waals surface area contributed by atoms with E-state index in [2.05, 4.69) is 37.8 Å². The molecule has 0 spiro atoms. The second-order valence-electron chi connectivity index (χ2n) is 4.89. The van der Waals surface area contributed by atoms with Crippen molar-refractivity contribution in [2.75, 3.05) is 17.3 Å². The lowest BCUT2D eigenvalue weighted by molar-refractivity contribution is 0.783. The number of aromatic nitrogens is 5. The van der Waals surface area contributed by atoms with E-state index in [-0.39, 0.29) is 0 Å². The lowest BCUT2D eigenvalue weighted by atomic mass is 10.2. The standard InChI is InChI=1S/C13H22N8/c1-4-5-10-17-12(9(2)13(18-10)19-14)15-7-6-11-20-16-8-21(11)3/h8H,4-7,14H2,1-3H3,(H2,15,17,18,19). The highest BCUT2D eigenvalue weighted by Gasteiger charge is 2.10. The Balaban J connectivity index is 2.07. The van der Waals surface area contributed by atoms with Gasteiger partial charge in [0.25, 0.3) is 0 Å². The van der Waals surface area contributed by atoms with Crippen molar-refractivity contribution in [2.45, 2.75) is 33.1 Å². The van der Waals surface area contributed by atoms with Crippen LogP contribution in [0, 0.1) is 6.92 Å². The summed E-state index contributed by atoms with van der Waals surface area (Å²) in [5.74, 6) is 8.71. The molecule has 0 amide bonds. The quantitative estimate of drug-likeness (QED) is 0.511. The van der Waals surface area contributed by atoms with Crippen LogP contribution in [-0.2, 0) is 19.9 Å². The van der Waals surface area contributed by atoms with Gasteiger partial charge in [0.1, 0.15) is 29.6 Å². The van der Waals surface area contributed by atoms with Crippen LogP contribution in [0.2, 0.25) is 0 Å². The van der Waals surface area contributed by atoms with E-state index in [0.717, 1.165) is 48.8 Å². The van der Waals surface area contributed by atoms with Gasteiger partial charge >= 0.3 is 0 Å². The van der Waals surface area contributed by atoms with Crippen LogP contribution in [0.1, 0.15) is 30.6 Å². The van der Waals surface area contributed by atoms with Gasteiger partial charge in [0.05, 0.1) is 0 Å². The number of hydrogen-bond acceptors (Lipinski definition) is 7. The largest absolute Gasteiger partial charge is 0.369 e. The Bertz CT molecular complexity index is 592. The van der Waals surface area contributed by atoms with Crippen LogP contribution >= 0.6 is 0 Å². The summed E-state index contributed by atoms with van der Waals surface area (Å²) >= 11 is 0.